The Kier molecular flexibility index (Phi) is 8.03. The SMILES string of the molecule is COc1ccccc1-c1c2c(oc(=NC3CCCCC3)c1NC1CCCCC1)C(=NC1CCCCC1)OC2=O. The third-order valence-electron chi connectivity index (χ3n) is 8.81. The summed E-state index contributed by atoms with van der Waals surface area (Å²) in [5.41, 5.74) is 3.36. The van der Waals surface area contributed by atoms with Crippen molar-refractivity contribution in [2.75, 3.05) is 12.4 Å². The first-order chi connectivity index (χ1) is 19.2. The largest absolute Gasteiger partial charge is 0.496 e. The summed E-state index contributed by atoms with van der Waals surface area (Å²) < 4.78 is 18.3. The number of carbonyl (C=O) groups is 1. The van der Waals surface area contributed by atoms with Crippen molar-refractivity contribution in [2.24, 2.45) is 9.98 Å². The first-order valence-corrected chi connectivity index (χ1v) is 15.2. The third kappa shape index (κ3) is 5.64. The molecule has 0 bridgehead atoms. The molecule has 1 aliphatic heterocycles. The van der Waals surface area contributed by atoms with Crippen LogP contribution in [0.3, 0.4) is 0 Å². The fourth-order valence-corrected chi connectivity index (χ4v) is 6.71. The number of rotatable bonds is 6. The Balaban J connectivity index is 1.58. The van der Waals surface area contributed by atoms with Gasteiger partial charge in [-0.2, -0.15) is 0 Å². The van der Waals surface area contributed by atoms with E-state index in [1.807, 2.05) is 24.3 Å². The summed E-state index contributed by atoms with van der Waals surface area (Å²) in [4.78, 5) is 23.7. The van der Waals surface area contributed by atoms with Gasteiger partial charge in [0.1, 0.15) is 17.0 Å². The molecule has 1 N–H and O–H groups in total. The van der Waals surface area contributed by atoms with Gasteiger partial charge in [-0.3, -0.25) is 0 Å². The third-order valence-corrected chi connectivity index (χ3v) is 8.81. The van der Waals surface area contributed by atoms with Crippen LogP contribution >= 0.6 is 0 Å². The lowest BCUT2D eigenvalue weighted by Crippen LogP contribution is -2.28. The van der Waals surface area contributed by atoms with E-state index in [-0.39, 0.29) is 12.1 Å². The lowest BCUT2D eigenvalue weighted by molar-refractivity contribution is 0.0736. The number of hydrogen-bond donors (Lipinski definition) is 1. The first kappa shape index (κ1) is 26.1. The molecule has 39 heavy (non-hydrogen) atoms. The van der Waals surface area contributed by atoms with E-state index in [1.165, 1.54) is 44.9 Å². The molecule has 2 aromatic rings. The van der Waals surface area contributed by atoms with Gasteiger partial charge in [0, 0.05) is 17.2 Å². The number of hydrogen-bond acceptors (Lipinski definition) is 7. The van der Waals surface area contributed by atoms with Gasteiger partial charge in [0.2, 0.25) is 11.3 Å². The number of anilines is 1. The minimum absolute atomic E-state index is 0.149. The van der Waals surface area contributed by atoms with Crippen molar-refractivity contribution in [3.63, 3.8) is 0 Å². The van der Waals surface area contributed by atoms with Crippen LogP contribution in [0.25, 0.3) is 11.1 Å². The zero-order valence-electron chi connectivity index (χ0n) is 23.2. The summed E-state index contributed by atoms with van der Waals surface area (Å²) in [7, 11) is 1.67. The number of fused-ring (bicyclic) bond motifs is 1. The summed E-state index contributed by atoms with van der Waals surface area (Å²) >= 11 is 0. The molecule has 0 saturated heterocycles. The maximum Gasteiger partial charge on any atom is 0.349 e. The molecule has 3 saturated carbocycles. The number of cyclic esters (lactones) is 1. The molecule has 3 fully saturated rings. The summed E-state index contributed by atoms with van der Waals surface area (Å²) in [5, 5.41) is 3.81. The fourth-order valence-electron chi connectivity index (χ4n) is 6.71. The summed E-state index contributed by atoms with van der Waals surface area (Å²) in [5.74, 6) is 1.00. The van der Waals surface area contributed by atoms with E-state index < -0.39 is 5.97 Å². The van der Waals surface area contributed by atoms with Crippen LogP contribution in [0.15, 0.2) is 38.7 Å². The van der Waals surface area contributed by atoms with Gasteiger partial charge in [-0.25, -0.2) is 14.8 Å². The minimum Gasteiger partial charge on any atom is -0.496 e. The molecule has 0 radical (unpaired) electrons. The maximum atomic E-state index is 13.6. The molecule has 0 spiro atoms. The van der Waals surface area contributed by atoms with E-state index in [9.17, 15) is 4.79 Å². The van der Waals surface area contributed by atoms with Crippen molar-refractivity contribution in [3.05, 3.63) is 41.1 Å². The quantitative estimate of drug-likeness (QED) is 0.399. The Morgan fingerprint density at radius 1 is 0.795 bits per heavy atom. The standard InChI is InChI=1S/C32H41N3O4/c1-37-25-20-12-11-19-24(25)26-27-29(31(39-32(27)36)35-23-17-9-4-10-18-23)38-30(34-22-15-7-3-8-16-22)28(26)33-21-13-5-2-6-14-21/h11-12,19-23,33H,2-10,13-18H2,1H3. The highest BCUT2D eigenvalue weighted by atomic mass is 16.6. The number of carbonyl (C=O) groups excluding carboxylic acids is 1. The predicted molar refractivity (Wildman–Crippen MR) is 152 cm³/mol. The van der Waals surface area contributed by atoms with Gasteiger partial charge >= 0.3 is 5.97 Å². The molecule has 1 aromatic carbocycles. The van der Waals surface area contributed by atoms with E-state index in [0.717, 1.165) is 68.2 Å². The molecule has 2 heterocycles. The second-order valence-electron chi connectivity index (χ2n) is 11.6. The van der Waals surface area contributed by atoms with Gasteiger partial charge in [0.25, 0.3) is 5.90 Å². The van der Waals surface area contributed by atoms with Crippen molar-refractivity contribution in [3.8, 4) is 16.9 Å². The predicted octanol–water partition coefficient (Wildman–Crippen LogP) is 7.18. The molecule has 0 amide bonds. The number of methoxy groups -OCH3 is 1. The van der Waals surface area contributed by atoms with E-state index >= 15 is 0 Å². The second kappa shape index (κ2) is 12.0. The number of nitrogens with zero attached hydrogens (tertiary/aromatic N) is 2. The number of benzene rings is 1. The van der Waals surface area contributed by atoms with Crippen LogP contribution in [-0.4, -0.2) is 37.1 Å². The Bertz CT molecular complexity index is 1280. The average Bonchev–Trinajstić information content (AvgIpc) is 3.29. The van der Waals surface area contributed by atoms with Crippen molar-refractivity contribution >= 4 is 17.6 Å². The topological polar surface area (TPSA) is 85.4 Å². The van der Waals surface area contributed by atoms with Crippen LogP contribution < -0.4 is 15.6 Å². The average molecular weight is 532 g/mol. The highest BCUT2D eigenvalue weighted by Crippen LogP contribution is 2.41. The molecule has 7 heteroatoms. The first-order valence-electron chi connectivity index (χ1n) is 15.2. The van der Waals surface area contributed by atoms with E-state index in [2.05, 4.69) is 5.32 Å². The van der Waals surface area contributed by atoms with Gasteiger partial charge in [-0.05, 0) is 44.6 Å². The molecule has 0 unspecified atom stereocenters. The minimum atomic E-state index is -0.417. The Morgan fingerprint density at radius 3 is 2.08 bits per heavy atom. The second-order valence-corrected chi connectivity index (χ2v) is 11.6. The van der Waals surface area contributed by atoms with Crippen LogP contribution in [0.2, 0.25) is 0 Å². The van der Waals surface area contributed by atoms with Crippen molar-refractivity contribution in [2.45, 2.75) is 114 Å². The molecule has 1 aromatic heterocycles. The van der Waals surface area contributed by atoms with Crippen LogP contribution in [0.4, 0.5) is 5.69 Å². The van der Waals surface area contributed by atoms with Crippen molar-refractivity contribution < 1.29 is 18.7 Å². The lowest BCUT2D eigenvalue weighted by atomic mass is 9.93. The number of ether oxygens (including phenoxy) is 2. The molecule has 0 atom stereocenters. The number of aliphatic imine (C=N–C) groups is 1. The van der Waals surface area contributed by atoms with Gasteiger partial charge in [-0.1, -0.05) is 76.0 Å². The lowest BCUT2D eigenvalue weighted by Gasteiger charge is -2.26. The molecular weight excluding hydrogens is 490 g/mol. The van der Waals surface area contributed by atoms with Gasteiger partial charge in [0.05, 0.1) is 19.2 Å². The van der Waals surface area contributed by atoms with Crippen molar-refractivity contribution in [1.82, 2.24) is 0 Å². The van der Waals surface area contributed by atoms with Gasteiger partial charge in [-0.15, -0.1) is 0 Å². The Morgan fingerprint density at radius 2 is 1.41 bits per heavy atom. The molecule has 4 aliphatic rings. The Labute approximate surface area is 231 Å². The highest BCUT2D eigenvalue weighted by molar-refractivity contribution is 6.19. The van der Waals surface area contributed by atoms with Gasteiger partial charge < -0.3 is 19.2 Å². The summed E-state index contributed by atoms with van der Waals surface area (Å²) in [6.45, 7) is 0. The van der Waals surface area contributed by atoms with Crippen LogP contribution in [-0.2, 0) is 4.74 Å². The number of para-hydroxylation sites is 1. The van der Waals surface area contributed by atoms with Crippen LogP contribution in [0.1, 0.15) is 112 Å². The van der Waals surface area contributed by atoms with E-state index in [0.29, 0.717) is 34.6 Å². The fraction of sp³-hybridized carbons (Fsp3) is 0.594. The summed E-state index contributed by atoms with van der Waals surface area (Å²) in [6.07, 6.45) is 17.1. The van der Waals surface area contributed by atoms with Gasteiger partial charge in [0.15, 0.2) is 0 Å². The molecule has 7 nitrogen and oxygen atoms in total. The zero-order valence-corrected chi connectivity index (χ0v) is 23.2. The molecular formula is C32H41N3O4. The summed E-state index contributed by atoms with van der Waals surface area (Å²) in [6, 6.07) is 8.53. The van der Waals surface area contributed by atoms with E-state index in [1.54, 1.807) is 7.11 Å². The van der Waals surface area contributed by atoms with Crippen LogP contribution in [0.5, 0.6) is 5.75 Å². The normalized spacial score (nSPS) is 22.6. The molecule has 3 aliphatic carbocycles. The molecule has 6 rings (SSSR count). The maximum absolute atomic E-state index is 13.6. The zero-order chi connectivity index (χ0) is 26.6. The smallest absolute Gasteiger partial charge is 0.349 e. The highest BCUT2D eigenvalue weighted by Gasteiger charge is 2.38. The van der Waals surface area contributed by atoms with Crippen molar-refractivity contribution in [1.29, 1.82) is 0 Å². The monoisotopic (exact) mass is 531 g/mol. The van der Waals surface area contributed by atoms with Crippen LogP contribution in [0, 0.1) is 0 Å². The number of esters is 1. The number of nitrogens with one attached hydrogen (secondary N) is 1. The Hall–Kier alpha value is -3.09. The molecule has 208 valence electrons. The van der Waals surface area contributed by atoms with E-state index in [4.69, 9.17) is 23.9 Å².